The number of nitrogens with one attached hydrogen (secondary N) is 2. The summed E-state index contributed by atoms with van der Waals surface area (Å²) >= 11 is 4.24. The molecule has 1 aromatic carbocycles. The van der Waals surface area contributed by atoms with E-state index in [0.29, 0.717) is 20.0 Å². The molecular weight excluding hydrogens is 438 g/mol. The average Bonchev–Trinajstić information content (AvgIpc) is 3.35. The summed E-state index contributed by atoms with van der Waals surface area (Å²) in [7, 11) is 1.62. The van der Waals surface area contributed by atoms with Crippen LogP contribution in [0.25, 0.3) is 0 Å². The number of carbonyl (C=O) groups is 1. The van der Waals surface area contributed by atoms with Gasteiger partial charge < -0.3 is 15.4 Å². The lowest BCUT2D eigenvalue weighted by atomic mass is 9.96. The molecule has 0 saturated carbocycles. The van der Waals surface area contributed by atoms with E-state index in [0.717, 1.165) is 42.7 Å². The Kier molecular flexibility index (Phi) is 6.52. The molecule has 0 atom stereocenters. The average molecular weight is 458 g/mol. The van der Waals surface area contributed by atoms with Crippen LogP contribution < -0.4 is 15.4 Å². The van der Waals surface area contributed by atoms with Gasteiger partial charge in [0.15, 0.2) is 4.34 Å². The number of thioether (sulfide) groups is 1. The number of fused-ring (bicyclic) bond motifs is 1. The van der Waals surface area contributed by atoms with E-state index in [1.165, 1.54) is 39.3 Å². The second-order valence-electron chi connectivity index (χ2n) is 6.59. The molecule has 0 spiro atoms. The molecule has 2 aromatic heterocycles. The van der Waals surface area contributed by atoms with Crippen molar-refractivity contribution in [1.29, 1.82) is 5.26 Å². The highest BCUT2D eigenvalue weighted by Crippen LogP contribution is 2.38. The molecule has 2 N–H and O–H groups in total. The Labute approximate surface area is 186 Å². The van der Waals surface area contributed by atoms with Crippen LogP contribution in [0.3, 0.4) is 0 Å². The van der Waals surface area contributed by atoms with Crippen LogP contribution >= 0.6 is 34.4 Å². The number of methoxy groups -OCH3 is 1. The highest BCUT2D eigenvalue weighted by molar-refractivity contribution is 8.01. The van der Waals surface area contributed by atoms with E-state index in [1.807, 2.05) is 24.3 Å². The Bertz CT molecular complexity index is 1100. The van der Waals surface area contributed by atoms with Crippen molar-refractivity contribution in [3.8, 4) is 11.8 Å². The lowest BCUT2D eigenvalue weighted by molar-refractivity contribution is -0.113. The third-order valence-electron chi connectivity index (χ3n) is 4.59. The topological polar surface area (TPSA) is 99.9 Å². The van der Waals surface area contributed by atoms with Gasteiger partial charge in [0.25, 0.3) is 0 Å². The first kappa shape index (κ1) is 20.7. The van der Waals surface area contributed by atoms with Crippen LogP contribution in [-0.4, -0.2) is 29.0 Å². The standard InChI is InChI=1S/C20H19N5O2S3/c1-27-13-6-4-5-12(9-13)22-19-24-25-20(30-19)28-11-17(26)23-18-15(10-21)14-7-2-3-8-16(14)29-18/h4-6,9H,2-3,7-8,11H2,1H3,(H,22,24)(H,23,26). The number of rotatable bonds is 7. The molecule has 30 heavy (non-hydrogen) atoms. The summed E-state index contributed by atoms with van der Waals surface area (Å²) in [6, 6.07) is 9.81. The van der Waals surface area contributed by atoms with Gasteiger partial charge in [0.1, 0.15) is 16.8 Å². The van der Waals surface area contributed by atoms with Gasteiger partial charge in [-0.15, -0.1) is 21.5 Å². The van der Waals surface area contributed by atoms with Crippen molar-refractivity contribution in [3.05, 3.63) is 40.3 Å². The molecule has 0 bridgehead atoms. The monoisotopic (exact) mass is 457 g/mol. The fraction of sp³-hybridized carbons (Fsp3) is 0.300. The Morgan fingerprint density at radius 2 is 2.17 bits per heavy atom. The van der Waals surface area contributed by atoms with Crippen LogP contribution in [0.2, 0.25) is 0 Å². The van der Waals surface area contributed by atoms with Crippen LogP contribution in [0.4, 0.5) is 15.8 Å². The van der Waals surface area contributed by atoms with E-state index in [9.17, 15) is 10.1 Å². The van der Waals surface area contributed by atoms with Crippen LogP contribution in [-0.2, 0) is 17.6 Å². The minimum atomic E-state index is -0.146. The number of anilines is 3. The molecule has 2 heterocycles. The maximum Gasteiger partial charge on any atom is 0.235 e. The Balaban J connectivity index is 1.34. The van der Waals surface area contributed by atoms with E-state index in [2.05, 4.69) is 26.9 Å². The zero-order valence-electron chi connectivity index (χ0n) is 16.2. The molecule has 0 saturated heterocycles. The summed E-state index contributed by atoms with van der Waals surface area (Å²) in [5.41, 5.74) is 2.60. The van der Waals surface area contributed by atoms with Crippen LogP contribution in [0.5, 0.6) is 5.75 Å². The molecule has 1 aliphatic rings. The van der Waals surface area contributed by atoms with Crippen molar-refractivity contribution in [2.45, 2.75) is 30.0 Å². The van der Waals surface area contributed by atoms with Gasteiger partial charge in [0.2, 0.25) is 11.0 Å². The Hall–Kier alpha value is -2.61. The summed E-state index contributed by atoms with van der Waals surface area (Å²) < 4.78 is 5.91. The van der Waals surface area contributed by atoms with Gasteiger partial charge in [-0.3, -0.25) is 4.79 Å². The zero-order chi connectivity index (χ0) is 20.9. The quantitative estimate of drug-likeness (QED) is 0.490. The third-order valence-corrected chi connectivity index (χ3v) is 7.77. The minimum absolute atomic E-state index is 0.146. The molecule has 1 amide bonds. The summed E-state index contributed by atoms with van der Waals surface area (Å²) in [6.07, 6.45) is 4.16. The summed E-state index contributed by atoms with van der Waals surface area (Å²) in [5, 5.41) is 25.2. The largest absolute Gasteiger partial charge is 0.497 e. The number of nitriles is 1. The van der Waals surface area contributed by atoms with Gasteiger partial charge in [-0.1, -0.05) is 29.2 Å². The number of carbonyl (C=O) groups excluding carboxylic acids is 1. The number of aromatic nitrogens is 2. The fourth-order valence-electron chi connectivity index (χ4n) is 3.21. The molecule has 0 unspecified atom stereocenters. The number of thiophene rings is 1. The lowest BCUT2D eigenvalue weighted by Crippen LogP contribution is -2.13. The lowest BCUT2D eigenvalue weighted by Gasteiger charge is -2.09. The summed E-state index contributed by atoms with van der Waals surface area (Å²) in [4.78, 5) is 13.7. The smallest absolute Gasteiger partial charge is 0.235 e. The van der Waals surface area contributed by atoms with Crippen molar-refractivity contribution in [2.24, 2.45) is 0 Å². The maximum absolute atomic E-state index is 12.4. The van der Waals surface area contributed by atoms with E-state index in [4.69, 9.17) is 4.74 Å². The minimum Gasteiger partial charge on any atom is -0.497 e. The Morgan fingerprint density at radius 1 is 1.30 bits per heavy atom. The van der Waals surface area contributed by atoms with E-state index in [-0.39, 0.29) is 11.7 Å². The molecule has 154 valence electrons. The van der Waals surface area contributed by atoms with Gasteiger partial charge >= 0.3 is 0 Å². The molecule has 1 aliphatic carbocycles. The first-order valence-corrected chi connectivity index (χ1v) is 12.0. The molecule has 7 nitrogen and oxygen atoms in total. The van der Waals surface area contributed by atoms with Gasteiger partial charge in [0.05, 0.1) is 18.4 Å². The number of nitrogens with zero attached hydrogens (tertiary/aromatic N) is 3. The predicted octanol–water partition coefficient (Wildman–Crippen LogP) is 4.83. The van der Waals surface area contributed by atoms with Gasteiger partial charge in [-0.25, -0.2) is 0 Å². The SMILES string of the molecule is COc1cccc(Nc2nnc(SCC(=O)Nc3sc4c(c3C#N)CCCC4)s2)c1. The van der Waals surface area contributed by atoms with Crippen LogP contribution in [0.1, 0.15) is 28.8 Å². The maximum atomic E-state index is 12.4. The normalized spacial score (nSPS) is 12.7. The highest BCUT2D eigenvalue weighted by Gasteiger charge is 2.22. The molecule has 0 fully saturated rings. The fourth-order valence-corrected chi connectivity index (χ4v) is 6.03. The predicted molar refractivity (Wildman–Crippen MR) is 121 cm³/mol. The van der Waals surface area contributed by atoms with Gasteiger partial charge in [-0.05, 0) is 43.4 Å². The second kappa shape index (κ2) is 9.47. The number of amides is 1. The molecular formula is C20H19N5O2S3. The van der Waals surface area contributed by atoms with E-state index < -0.39 is 0 Å². The first-order valence-electron chi connectivity index (χ1n) is 9.38. The number of hydrogen-bond acceptors (Lipinski definition) is 9. The number of hydrogen-bond donors (Lipinski definition) is 2. The van der Waals surface area contributed by atoms with Crippen molar-refractivity contribution < 1.29 is 9.53 Å². The first-order chi connectivity index (χ1) is 14.7. The van der Waals surface area contributed by atoms with Crippen molar-refractivity contribution in [3.63, 3.8) is 0 Å². The van der Waals surface area contributed by atoms with Crippen LogP contribution in [0.15, 0.2) is 28.6 Å². The second-order valence-corrected chi connectivity index (χ2v) is 9.90. The van der Waals surface area contributed by atoms with Gasteiger partial charge in [-0.2, -0.15) is 5.26 Å². The summed E-state index contributed by atoms with van der Waals surface area (Å²) in [6.45, 7) is 0. The van der Waals surface area contributed by atoms with Crippen LogP contribution in [0, 0.1) is 11.3 Å². The van der Waals surface area contributed by atoms with Crippen molar-refractivity contribution in [2.75, 3.05) is 23.5 Å². The number of ether oxygens (including phenoxy) is 1. The van der Waals surface area contributed by atoms with E-state index in [1.54, 1.807) is 7.11 Å². The van der Waals surface area contributed by atoms with Gasteiger partial charge in [0, 0.05) is 16.6 Å². The zero-order valence-corrected chi connectivity index (χ0v) is 18.7. The van der Waals surface area contributed by atoms with Crippen molar-refractivity contribution in [1.82, 2.24) is 10.2 Å². The third kappa shape index (κ3) is 4.75. The molecule has 0 aliphatic heterocycles. The molecule has 3 aromatic rings. The van der Waals surface area contributed by atoms with E-state index >= 15 is 0 Å². The highest BCUT2D eigenvalue weighted by atomic mass is 32.2. The van der Waals surface area contributed by atoms with Crippen molar-refractivity contribution >= 4 is 56.2 Å². The molecule has 4 rings (SSSR count). The Morgan fingerprint density at radius 3 is 3.00 bits per heavy atom. The number of benzene rings is 1. The summed E-state index contributed by atoms with van der Waals surface area (Å²) in [5.74, 6) is 0.816. The molecule has 10 heteroatoms. The number of aryl methyl sites for hydroxylation is 1. The molecule has 0 radical (unpaired) electrons.